The van der Waals surface area contributed by atoms with Crippen LogP contribution in [-0.2, 0) is 4.79 Å². The molecule has 1 heterocycles. The summed E-state index contributed by atoms with van der Waals surface area (Å²) in [6.45, 7) is 0. The molecule has 2 unspecified atom stereocenters. The van der Waals surface area contributed by atoms with Crippen molar-refractivity contribution in [3.8, 4) is 0 Å². The van der Waals surface area contributed by atoms with Gasteiger partial charge in [-0.2, -0.15) is 18.3 Å². The number of alkyl halides is 3. The van der Waals surface area contributed by atoms with E-state index >= 15 is 0 Å². The lowest BCUT2D eigenvalue weighted by Gasteiger charge is -2.28. The highest BCUT2D eigenvalue weighted by molar-refractivity contribution is 6.65. The first-order valence-corrected chi connectivity index (χ1v) is 5.91. The van der Waals surface area contributed by atoms with Gasteiger partial charge in [0.15, 0.2) is 6.04 Å². The molecule has 2 atom stereocenters. The van der Waals surface area contributed by atoms with Crippen LogP contribution in [0.2, 0.25) is 5.02 Å². The minimum Gasteiger partial charge on any atom is -0.280 e. The molecule has 102 valence electrons. The number of benzene rings is 1. The van der Waals surface area contributed by atoms with Gasteiger partial charge in [0.1, 0.15) is 5.92 Å². The molecule has 3 nitrogen and oxygen atoms in total. The van der Waals surface area contributed by atoms with Crippen molar-refractivity contribution in [3.63, 3.8) is 0 Å². The number of carbonyl (C=O) groups is 1. The molecule has 0 N–H and O–H groups in total. The number of hydrogen-bond donors (Lipinski definition) is 0. The highest BCUT2D eigenvalue weighted by Gasteiger charge is 2.53. The Kier molecular flexibility index (Phi) is 3.73. The van der Waals surface area contributed by atoms with Crippen LogP contribution in [0, 0.1) is 5.92 Å². The number of hydrogen-bond acceptors (Lipinski definition) is 3. The Hall–Kier alpha value is -1.27. The zero-order valence-electron chi connectivity index (χ0n) is 9.23. The molecule has 0 saturated carbocycles. The quantitative estimate of drug-likeness (QED) is 0.784. The van der Waals surface area contributed by atoms with Gasteiger partial charge in [-0.1, -0.05) is 11.6 Å². The lowest BCUT2D eigenvalue weighted by Crippen LogP contribution is -2.46. The smallest absolute Gasteiger partial charge is 0.280 e. The van der Waals surface area contributed by atoms with Crippen LogP contribution >= 0.6 is 23.2 Å². The maximum absolute atomic E-state index is 13.0. The van der Waals surface area contributed by atoms with E-state index in [-0.39, 0.29) is 5.69 Å². The average Bonchev–Trinajstić information content (AvgIpc) is 2.74. The number of rotatable bonds is 2. The van der Waals surface area contributed by atoms with Gasteiger partial charge < -0.3 is 0 Å². The molecule has 1 aliphatic rings. The summed E-state index contributed by atoms with van der Waals surface area (Å²) in [5.74, 6) is -1.52. The molecule has 0 amide bonds. The molecule has 1 aromatic carbocycles. The number of carbonyl (C=O) groups excluding carboxylic acids is 1. The van der Waals surface area contributed by atoms with E-state index < -0.39 is 23.4 Å². The zero-order chi connectivity index (χ0) is 14.2. The first-order chi connectivity index (χ1) is 8.80. The molecule has 1 aliphatic heterocycles. The van der Waals surface area contributed by atoms with Crippen molar-refractivity contribution in [1.82, 2.24) is 0 Å². The summed E-state index contributed by atoms with van der Waals surface area (Å²) in [6.07, 6.45) is -3.73. The Bertz CT molecular complexity index is 516. The van der Waals surface area contributed by atoms with Gasteiger partial charge >= 0.3 is 6.18 Å². The summed E-state index contributed by atoms with van der Waals surface area (Å²) in [6, 6.07) is 3.56. The van der Waals surface area contributed by atoms with E-state index in [4.69, 9.17) is 23.2 Å². The van der Waals surface area contributed by atoms with E-state index in [1.54, 1.807) is 0 Å². The Morgan fingerprint density at radius 1 is 1.26 bits per heavy atom. The molecule has 0 spiro atoms. The maximum atomic E-state index is 13.0. The van der Waals surface area contributed by atoms with Crippen LogP contribution in [0.5, 0.6) is 0 Å². The van der Waals surface area contributed by atoms with E-state index in [0.29, 0.717) is 5.02 Å². The van der Waals surface area contributed by atoms with Gasteiger partial charge in [-0.3, -0.25) is 9.80 Å². The van der Waals surface area contributed by atoms with Crippen molar-refractivity contribution in [1.29, 1.82) is 0 Å². The van der Waals surface area contributed by atoms with Gasteiger partial charge in [0.05, 0.1) is 5.69 Å². The Labute approximate surface area is 116 Å². The van der Waals surface area contributed by atoms with E-state index in [1.165, 1.54) is 24.3 Å². The van der Waals surface area contributed by atoms with E-state index in [1.807, 2.05) is 0 Å². The third-order valence-electron chi connectivity index (χ3n) is 2.64. The monoisotopic (exact) mass is 310 g/mol. The molecule has 0 fully saturated rings. The van der Waals surface area contributed by atoms with Gasteiger partial charge in [-0.15, -0.1) is 0 Å². The fourth-order valence-corrected chi connectivity index (χ4v) is 2.10. The largest absolute Gasteiger partial charge is 0.411 e. The standard InChI is InChI=1S/C11H7Cl2F3N2O/c12-6-1-3-7(4-2-6)18-9(11(14,15)16)8(5-17-18)10(13)19/h1-5,8-9H. The number of halogens is 5. The minimum atomic E-state index is -4.63. The third-order valence-corrected chi connectivity index (χ3v) is 3.15. The van der Waals surface area contributed by atoms with Crippen LogP contribution in [0.15, 0.2) is 29.4 Å². The molecule has 0 bridgehead atoms. The average molecular weight is 311 g/mol. The topological polar surface area (TPSA) is 32.7 Å². The van der Waals surface area contributed by atoms with Crippen molar-refractivity contribution in [3.05, 3.63) is 29.3 Å². The van der Waals surface area contributed by atoms with E-state index in [0.717, 1.165) is 11.2 Å². The van der Waals surface area contributed by atoms with Crippen LogP contribution in [-0.4, -0.2) is 23.7 Å². The lowest BCUT2D eigenvalue weighted by atomic mass is 10.0. The van der Waals surface area contributed by atoms with E-state index in [9.17, 15) is 18.0 Å². The molecule has 0 aliphatic carbocycles. The van der Waals surface area contributed by atoms with Crippen LogP contribution < -0.4 is 5.01 Å². The molecule has 0 saturated heterocycles. The third kappa shape index (κ3) is 2.84. The van der Waals surface area contributed by atoms with Gasteiger partial charge in [-0.05, 0) is 35.9 Å². The molecule has 19 heavy (non-hydrogen) atoms. The predicted molar refractivity (Wildman–Crippen MR) is 66.6 cm³/mol. The Morgan fingerprint density at radius 2 is 1.84 bits per heavy atom. The summed E-state index contributed by atoms with van der Waals surface area (Å²) >= 11 is 10.9. The molecular weight excluding hydrogens is 304 g/mol. The van der Waals surface area contributed by atoms with Gasteiger partial charge in [-0.25, -0.2) is 0 Å². The highest BCUT2D eigenvalue weighted by atomic mass is 35.5. The van der Waals surface area contributed by atoms with Crippen LogP contribution in [0.3, 0.4) is 0 Å². The second kappa shape index (κ2) is 5.02. The zero-order valence-corrected chi connectivity index (χ0v) is 10.7. The van der Waals surface area contributed by atoms with Gasteiger partial charge in [0.25, 0.3) is 0 Å². The fourth-order valence-electron chi connectivity index (χ4n) is 1.80. The van der Waals surface area contributed by atoms with Crippen LogP contribution in [0.25, 0.3) is 0 Å². The van der Waals surface area contributed by atoms with Crippen molar-refractivity contribution >= 4 is 40.3 Å². The Balaban J connectivity index is 2.37. The fraction of sp³-hybridized carbons (Fsp3) is 0.273. The summed E-state index contributed by atoms with van der Waals surface area (Å²) in [7, 11) is 0. The first kappa shape index (κ1) is 14.1. The van der Waals surface area contributed by atoms with Crippen molar-refractivity contribution in [2.45, 2.75) is 12.2 Å². The van der Waals surface area contributed by atoms with Gasteiger partial charge in [0.2, 0.25) is 5.24 Å². The summed E-state index contributed by atoms with van der Waals surface area (Å²) in [4.78, 5) is 11.1. The summed E-state index contributed by atoms with van der Waals surface area (Å²) < 4.78 is 39.1. The van der Waals surface area contributed by atoms with Crippen LogP contribution in [0.1, 0.15) is 0 Å². The minimum absolute atomic E-state index is 0.184. The Morgan fingerprint density at radius 3 is 2.32 bits per heavy atom. The SMILES string of the molecule is O=C(Cl)C1C=NN(c2ccc(Cl)cc2)C1C(F)(F)F. The number of nitrogens with zero attached hydrogens (tertiary/aromatic N) is 2. The predicted octanol–water partition coefficient (Wildman–Crippen LogP) is 3.46. The number of anilines is 1. The van der Waals surface area contributed by atoms with Crippen molar-refractivity contribution in [2.75, 3.05) is 5.01 Å². The molecule has 0 aromatic heterocycles. The van der Waals surface area contributed by atoms with Crippen molar-refractivity contribution < 1.29 is 18.0 Å². The second-order valence-electron chi connectivity index (χ2n) is 3.90. The van der Waals surface area contributed by atoms with Crippen molar-refractivity contribution in [2.24, 2.45) is 11.0 Å². The van der Waals surface area contributed by atoms with E-state index in [2.05, 4.69) is 5.10 Å². The summed E-state index contributed by atoms with van der Waals surface area (Å²) in [5, 5.41) is 3.64. The molecule has 2 rings (SSSR count). The molecular formula is C11H7Cl2F3N2O. The summed E-state index contributed by atoms with van der Waals surface area (Å²) in [5.41, 5.74) is 0.184. The van der Waals surface area contributed by atoms with Gasteiger partial charge in [0, 0.05) is 11.2 Å². The van der Waals surface area contributed by atoms with Crippen LogP contribution in [0.4, 0.5) is 18.9 Å². The second-order valence-corrected chi connectivity index (χ2v) is 4.71. The molecule has 8 heteroatoms. The maximum Gasteiger partial charge on any atom is 0.411 e. The number of hydrazone groups is 1. The highest BCUT2D eigenvalue weighted by Crippen LogP contribution is 2.37. The molecule has 1 aromatic rings. The molecule has 0 radical (unpaired) electrons. The first-order valence-electron chi connectivity index (χ1n) is 5.15. The normalized spacial score (nSPS) is 22.9. The lowest BCUT2D eigenvalue weighted by molar-refractivity contribution is -0.156.